The van der Waals surface area contributed by atoms with Crippen LogP contribution in [-0.4, -0.2) is 38.8 Å². The molecule has 1 aliphatic rings. The van der Waals surface area contributed by atoms with Gasteiger partial charge in [-0.25, -0.2) is 0 Å². The van der Waals surface area contributed by atoms with Crippen molar-refractivity contribution in [3.05, 3.63) is 10.6 Å². The summed E-state index contributed by atoms with van der Waals surface area (Å²) in [5, 5.41) is 3.90. The molecule has 1 saturated heterocycles. The van der Waals surface area contributed by atoms with Crippen molar-refractivity contribution in [2.24, 2.45) is 0 Å². The van der Waals surface area contributed by atoms with E-state index >= 15 is 0 Å². The molecule has 19 heavy (non-hydrogen) atoms. The van der Waals surface area contributed by atoms with Crippen LogP contribution in [-0.2, 0) is 4.79 Å². The molecule has 5 nitrogen and oxygen atoms in total. The zero-order valence-electron chi connectivity index (χ0n) is 11.4. The van der Waals surface area contributed by atoms with Gasteiger partial charge in [0.15, 0.2) is 0 Å². The minimum absolute atomic E-state index is 0.0133. The first-order valence-electron chi connectivity index (χ1n) is 6.69. The topological polar surface area (TPSA) is 63.2 Å². The van der Waals surface area contributed by atoms with Crippen LogP contribution in [0.1, 0.15) is 54.4 Å². The molecule has 2 rings (SSSR count). The van der Waals surface area contributed by atoms with Crippen LogP contribution in [0.25, 0.3) is 0 Å². The third-order valence-corrected chi connectivity index (χ3v) is 4.32. The van der Waals surface area contributed by atoms with E-state index in [0.717, 1.165) is 43.8 Å². The van der Waals surface area contributed by atoms with E-state index in [9.17, 15) is 9.59 Å². The van der Waals surface area contributed by atoms with E-state index in [2.05, 4.69) is 9.59 Å². The summed E-state index contributed by atoms with van der Waals surface area (Å²) in [6.45, 7) is 4.12. The summed E-state index contributed by atoms with van der Waals surface area (Å²) in [6.07, 6.45) is 4.58. The second-order valence-electron chi connectivity index (χ2n) is 5.10. The summed E-state index contributed by atoms with van der Waals surface area (Å²) in [5.41, 5.74) is 0.681. The Labute approximate surface area is 117 Å². The monoisotopic (exact) mass is 281 g/mol. The number of ketones is 1. The van der Waals surface area contributed by atoms with Crippen molar-refractivity contribution in [2.75, 3.05) is 6.54 Å². The highest BCUT2D eigenvalue weighted by Gasteiger charge is 2.29. The summed E-state index contributed by atoms with van der Waals surface area (Å²) in [4.78, 5) is 26.4. The number of aromatic nitrogens is 2. The normalized spacial score (nSPS) is 20.1. The van der Waals surface area contributed by atoms with Gasteiger partial charge in [0, 0.05) is 19.0 Å². The molecule has 0 saturated carbocycles. The smallest absolute Gasteiger partial charge is 0.267 e. The number of hydrogen-bond donors (Lipinski definition) is 0. The number of carbonyl (C=O) groups is 2. The largest absolute Gasteiger partial charge is 0.334 e. The Hall–Kier alpha value is -1.30. The molecule has 1 aromatic rings. The first-order valence-corrected chi connectivity index (χ1v) is 7.46. The van der Waals surface area contributed by atoms with Crippen LogP contribution in [0.4, 0.5) is 0 Å². The van der Waals surface area contributed by atoms with Crippen molar-refractivity contribution >= 4 is 23.2 Å². The number of aryl methyl sites for hydroxylation is 1. The average Bonchev–Trinajstić information content (AvgIpc) is 2.64. The number of amides is 1. The summed E-state index contributed by atoms with van der Waals surface area (Å²) >= 11 is 1.14. The van der Waals surface area contributed by atoms with Crippen molar-refractivity contribution < 1.29 is 9.59 Å². The van der Waals surface area contributed by atoms with Crippen LogP contribution in [0.3, 0.4) is 0 Å². The van der Waals surface area contributed by atoms with Gasteiger partial charge in [-0.1, -0.05) is 17.3 Å². The standard InChI is InChI=1S/C13H19N3O2S/c1-9(17)8-11-6-4-3-5-7-16(11)13(18)12-10(2)14-15-19-12/h11H,3-8H2,1-2H3. The van der Waals surface area contributed by atoms with E-state index in [-0.39, 0.29) is 17.7 Å². The molecule has 1 fully saturated rings. The minimum atomic E-state index is -0.0133. The van der Waals surface area contributed by atoms with Gasteiger partial charge >= 0.3 is 0 Å². The number of carbonyl (C=O) groups excluding carboxylic acids is 2. The van der Waals surface area contributed by atoms with Gasteiger partial charge < -0.3 is 4.90 Å². The van der Waals surface area contributed by atoms with E-state index in [1.165, 1.54) is 0 Å². The molecule has 1 aromatic heterocycles. The lowest BCUT2D eigenvalue weighted by atomic mass is 10.0. The maximum absolute atomic E-state index is 12.6. The SMILES string of the molecule is CC(=O)CC1CCCCCN1C(=O)c1snnc1C. The Kier molecular flexibility index (Phi) is 4.63. The van der Waals surface area contributed by atoms with Gasteiger partial charge in [0.25, 0.3) is 5.91 Å². The molecule has 0 aromatic carbocycles. The van der Waals surface area contributed by atoms with E-state index < -0.39 is 0 Å². The van der Waals surface area contributed by atoms with Gasteiger partial charge in [-0.3, -0.25) is 9.59 Å². The highest BCUT2D eigenvalue weighted by molar-refractivity contribution is 7.07. The number of likely N-dealkylation sites (tertiary alicyclic amines) is 1. The summed E-state index contributed by atoms with van der Waals surface area (Å²) in [5.74, 6) is 0.129. The molecule has 6 heteroatoms. The molecule has 0 N–H and O–H groups in total. The number of Topliss-reactive ketones (excluding diaryl/α,β-unsaturated/α-hetero) is 1. The lowest BCUT2D eigenvalue weighted by Crippen LogP contribution is -2.41. The summed E-state index contributed by atoms with van der Waals surface area (Å²) < 4.78 is 3.82. The first kappa shape index (κ1) is 14.1. The molecule has 2 heterocycles. The number of nitrogens with zero attached hydrogens (tertiary/aromatic N) is 3. The molecule has 0 radical (unpaired) electrons. The Bertz CT molecular complexity index is 472. The van der Waals surface area contributed by atoms with Crippen LogP contribution in [0, 0.1) is 6.92 Å². The maximum Gasteiger partial charge on any atom is 0.267 e. The highest BCUT2D eigenvalue weighted by Crippen LogP contribution is 2.23. The fraction of sp³-hybridized carbons (Fsp3) is 0.692. The highest BCUT2D eigenvalue weighted by atomic mass is 32.1. The third-order valence-electron chi connectivity index (χ3n) is 3.51. The van der Waals surface area contributed by atoms with Crippen LogP contribution in [0.5, 0.6) is 0 Å². The van der Waals surface area contributed by atoms with Crippen molar-refractivity contribution in [3.8, 4) is 0 Å². The van der Waals surface area contributed by atoms with Crippen molar-refractivity contribution in [2.45, 2.75) is 52.0 Å². The quantitative estimate of drug-likeness (QED) is 0.852. The van der Waals surface area contributed by atoms with Gasteiger partial charge in [0.2, 0.25) is 0 Å². The van der Waals surface area contributed by atoms with Gasteiger partial charge in [0.1, 0.15) is 10.7 Å². The van der Waals surface area contributed by atoms with Gasteiger partial charge in [0.05, 0.1) is 5.69 Å². The Morgan fingerprint density at radius 2 is 2.16 bits per heavy atom. The van der Waals surface area contributed by atoms with E-state index in [1.807, 2.05) is 4.90 Å². The zero-order valence-corrected chi connectivity index (χ0v) is 12.2. The molecule has 0 bridgehead atoms. The predicted molar refractivity (Wildman–Crippen MR) is 73.2 cm³/mol. The van der Waals surface area contributed by atoms with E-state index in [0.29, 0.717) is 17.0 Å². The molecular formula is C13H19N3O2S. The molecule has 1 amide bonds. The average molecular weight is 281 g/mol. The van der Waals surface area contributed by atoms with Crippen LogP contribution in [0.15, 0.2) is 0 Å². The fourth-order valence-electron chi connectivity index (χ4n) is 2.55. The second kappa shape index (κ2) is 6.23. The molecule has 0 aliphatic carbocycles. The van der Waals surface area contributed by atoms with E-state index in [1.54, 1.807) is 13.8 Å². The molecule has 1 unspecified atom stereocenters. The van der Waals surface area contributed by atoms with Crippen molar-refractivity contribution in [1.29, 1.82) is 0 Å². The second-order valence-corrected chi connectivity index (χ2v) is 5.85. The fourth-order valence-corrected chi connectivity index (χ4v) is 3.16. The third kappa shape index (κ3) is 3.37. The molecule has 1 atom stereocenters. The molecular weight excluding hydrogens is 262 g/mol. The molecule has 0 spiro atoms. The first-order chi connectivity index (χ1) is 9.09. The van der Waals surface area contributed by atoms with Gasteiger partial charge in [-0.15, -0.1) is 5.10 Å². The Morgan fingerprint density at radius 1 is 1.37 bits per heavy atom. The minimum Gasteiger partial charge on any atom is -0.334 e. The van der Waals surface area contributed by atoms with Crippen LogP contribution in [0.2, 0.25) is 0 Å². The lowest BCUT2D eigenvalue weighted by Gasteiger charge is -2.29. The van der Waals surface area contributed by atoms with E-state index in [4.69, 9.17) is 0 Å². The lowest BCUT2D eigenvalue weighted by molar-refractivity contribution is -0.118. The number of rotatable bonds is 3. The van der Waals surface area contributed by atoms with Gasteiger partial charge in [-0.2, -0.15) is 0 Å². The Balaban J connectivity index is 2.20. The predicted octanol–water partition coefficient (Wildman–Crippen LogP) is 2.21. The zero-order chi connectivity index (χ0) is 13.8. The van der Waals surface area contributed by atoms with Crippen molar-refractivity contribution in [1.82, 2.24) is 14.5 Å². The molecule has 1 aliphatic heterocycles. The summed E-state index contributed by atoms with van der Waals surface area (Å²) in [6, 6.07) is 0.0361. The number of hydrogen-bond acceptors (Lipinski definition) is 5. The Morgan fingerprint density at radius 3 is 2.79 bits per heavy atom. The van der Waals surface area contributed by atoms with Crippen molar-refractivity contribution in [3.63, 3.8) is 0 Å². The maximum atomic E-state index is 12.6. The van der Waals surface area contributed by atoms with Crippen LogP contribution < -0.4 is 0 Å². The molecule has 104 valence electrons. The van der Waals surface area contributed by atoms with Gasteiger partial charge in [-0.05, 0) is 38.2 Å². The van der Waals surface area contributed by atoms with Crippen LogP contribution >= 0.6 is 11.5 Å². The summed E-state index contributed by atoms with van der Waals surface area (Å²) in [7, 11) is 0.